The molecule has 0 aliphatic carbocycles. The average molecular weight is 360 g/mol. The maximum atomic E-state index is 12.8. The first-order valence-electron chi connectivity index (χ1n) is 8.26. The number of Topliss-reactive ketones (excluding diaryl/α,β-unsaturated/α-hetero) is 1. The minimum atomic E-state index is -2.60. The zero-order valence-corrected chi connectivity index (χ0v) is 14.4. The molecule has 3 heterocycles. The van der Waals surface area contributed by atoms with Gasteiger partial charge in [-0.2, -0.15) is 5.10 Å². The molecule has 3 aromatic heterocycles. The van der Waals surface area contributed by atoms with Crippen molar-refractivity contribution in [1.82, 2.24) is 19.6 Å². The van der Waals surface area contributed by atoms with Gasteiger partial charge in [0.25, 0.3) is 6.43 Å². The number of imidazole rings is 1. The van der Waals surface area contributed by atoms with Crippen LogP contribution in [0.2, 0.25) is 0 Å². The Morgan fingerprint density at radius 2 is 2.12 bits per heavy atom. The summed E-state index contributed by atoms with van der Waals surface area (Å²) >= 11 is 0. The van der Waals surface area contributed by atoms with E-state index in [2.05, 4.69) is 15.1 Å². The van der Waals surface area contributed by atoms with Gasteiger partial charge < -0.3 is 4.74 Å². The van der Waals surface area contributed by atoms with Crippen LogP contribution >= 0.6 is 0 Å². The van der Waals surface area contributed by atoms with Gasteiger partial charge in [0.15, 0.2) is 18.0 Å². The fourth-order valence-electron chi connectivity index (χ4n) is 2.52. The number of alkyl halides is 2. The molecule has 136 valence electrons. The van der Waals surface area contributed by atoms with Crippen molar-refractivity contribution in [1.29, 1.82) is 0 Å². The number of nitrogens with zero attached hydrogens (tertiary/aromatic N) is 4. The monoisotopic (exact) mass is 360 g/mol. The Hall–Kier alpha value is -2.90. The third kappa shape index (κ3) is 3.54. The van der Waals surface area contributed by atoms with E-state index in [0.29, 0.717) is 29.0 Å². The van der Waals surface area contributed by atoms with Crippen molar-refractivity contribution < 1.29 is 18.3 Å². The quantitative estimate of drug-likeness (QED) is 0.602. The molecule has 0 aliphatic heterocycles. The highest BCUT2D eigenvalue weighted by molar-refractivity contribution is 6.02. The number of aromatic nitrogens is 4. The molecule has 0 radical (unpaired) electrons. The summed E-state index contributed by atoms with van der Waals surface area (Å²) in [4.78, 5) is 21.2. The zero-order valence-electron chi connectivity index (χ0n) is 14.4. The van der Waals surface area contributed by atoms with Crippen molar-refractivity contribution in [3.8, 4) is 17.1 Å². The summed E-state index contributed by atoms with van der Waals surface area (Å²) in [6.45, 7) is 3.02. The molecular formula is C18H18F2N4O2. The van der Waals surface area contributed by atoms with Gasteiger partial charge in [0.1, 0.15) is 11.4 Å². The van der Waals surface area contributed by atoms with Crippen LogP contribution in [-0.2, 0) is 0 Å². The predicted octanol–water partition coefficient (Wildman–Crippen LogP) is 3.66. The lowest BCUT2D eigenvalue weighted by molar-refractivity contribution is 0.0796. The van der Waals surface area contributed by atoms with E-state index in [0.717, 1.165) is 0 Å². The molecule has 8 heteroatoms. The molecule has 0 aliphatic rings. The largest absolute Gasteiger partial charge is 0.472 e. The van der Waals surface area contributed by atoms with Gasteiger partial charge in [0, 0.05) is 29.9 Å². The molecule has 0 aromatic carbocycles. The van der Waals surface area contributed by atoms with Crippen LogP contribution in [-0.4, -0.2) is 38.4 Å². The highest BCUT2D eigenvalue weighted by Crippen LogP contribution is 2.28. The van der Waals surface area contributed by atoms with E-state index in [4.69, 9.17) is 4.74 Å². The van der Waals surface area contributed by atoms with E-state index < -0.39 is 13.0 Å². The number of pyridine rings is 1. The van der Waals surface area contributed by atoms with Crippen molar-refractivity contribution >= 4 is 11.4 Å². The second kappa shape index (κ2) is 7.55. The van der Waals surface area contributed by atoms with Gasteiger partial charge in [-0.15, -0.1) is 0 Å². The summed E-state index contributed by atoms with van der Waals surface area (Å²) in [5.41, 5.74) is 1.89. The van der Waals surface area contributed by atoms with E-state index in [9.17, 15) is 13.6 Å². The highest BCUT2D eigenvalue weighted by Gasteiger charge is 2.24. The van der Waals surface area contributed by atoms with Crippen LogP contribution < -0.4 is 4.74 Å². The van der Waals surface area contributed by atoms with Crippen LogP contribution in [0.25, 0.3) is 16.9 Å². The molecule has 26 heavy (non-hydrogen) atoms. The molecule has 0 saturated carbocycles. The summed E-state index contributed by atoms with van der Waals surface area (Å²) in [6, 6.07) is 6.65. The number of ether oxygens (including phenoxy) is 1. The van der Waals surface area contributed by atoms with E-state index in [-0.39, 0.29) is 17.6 Å². The summed E-state index contributed by atoms with van der Waals surface area (Å²) in [5, 5.41) is 4.27. The van der Waals surface area contributed by atoms with Crippen LogP contribution in [0.3, 0.4) is 0 Å². The number of carbonyl (C=O) groups excluding carboxylic acids is 1. The molecule has 6 nitrogen and oxygen atoms in total. The number of hydrogen-bond donors (Lipinski definition) is 0. The van der Waals surface area contributed by atoms with Gasteiger partial charge in [-0.1, -0.05) is 13.8 Å². The maximum Gasteiger partial charge on any atom is 0.272 e. The van der Waals surface area contributed by atoms with Gasteiger partial charge in [-0.05, 0) is 24.6 Å². The van der Waals surface area contributed by atoms with Gasteiger partial charge >= 0.3 is 0 Å². The molecule has 1 atom stereocenters. The number of ketones is 1. The highest BCUT2D eigenvalue weighted by atomic mass is 19.3. The Kier molecular flexibility index (Phi) is 5.20. The molecule has 3 rings (SSSR count). The number of halogens is 2. The normalized spacial score (nSPS) is 12.5. The number of carbonyl (C=O) groups is 1. The summed E-state index contributed by atoms with van der Waals surface area (Å²) in [5.74, 6) is -0.245. The molecule has 0 spiro atoms. The SMILES string of the molecule is CC[C@@H](C)C(=O)c1nc2cccnn2c1-c1ccnc(OCC(F)F)c1. The minimum Gasteiger partial charge on any atom is -0.472 e. The Balaban J connectivity index is 2.11. The maximum absolute atomic E-state index is 12.8. The second-order valence-electron chi connectivity index (χ2n) is 5.86. The molecule has 0 N–H and O–H groups in total. The Bertz CT molecular complexity index is 926. The van der Waals surface area contributed by atoms with E-state index in [1.807, 2.05) is 13.8 Å². The lowest BCUT2D eigenvalue weighted by Gasteiger charge is -2.09. The fraction of sp³-hybridized carbons (Fsp3) is 0.333. The summed E-state index contributed by atoms with van der Waals surface area (Å²) in [6.07, 6.45) is 1.11. The second-order valence-corrected chi connectivity index (χ2v) is 5.86. The van der Waals surface area contributed by atoms with Gasteiger partial charge in [0.05, 0.1) is 0 Å². The molecule has 0 bridgehead atoms. The van der Waals surface area contributed by atoms with Crippen molar-refractivity contribution in [3.05, 3.63) is 42.4 Å². The molecule has 3 aromatic rings. The predicted molar refractivity (Wildman–Crippen MR) is 91.5 cm³/mol. The van der Waals surface area contributed by atoms with Crippen LogP contribution in [0.5, 0.6) is 5.88 Å². The lowest BCUT2D eigenvalue weighted by atomic mass is 9.98. The first kappa shape index (κ1) is 17.9. The van der Waals surface area contributed by atoms with Gasteiger partial charge in [-0.25, -0.2) is 23.3 Å². The van der Waals surface area contributed by atoms with Gasteiger partial charge in [0.2, 0.25) is 5.88 Å². The van der Waals surface area contributed by atoms with E-state index in [1.54, 1.807) is 28.9 Å². The molecular weight excluding hydrogens is 342 g/mol. The number of hydrogen-bond acceptors (Lipinski definition) is 5. The summed E-state index contributed by atoms with van der Waals surface area (Å²) < 4.78 is 31.3. The third-order valence-electron chi connectivity index (χ3n) is 4.05. The molecule has 0 amide bonds. The zero-order chi connectivity index (χ0) is 18.7. The van der Waals surface area contributed by atoms with Crippen molar-refractivity contribution in [3.63, 3.8) is 0 Å². The van der Waals surface area contributed by atoms with Crippen molar-refractivity contribution in [2.45, 2.75) is 26.7 Å². The van der Waals surface area contributed by atoms with Gasteiger partial charge in [-0.3, -0.25) is 4.79 Å². The average Bonchev–Trinajstić information content (AvgIpc) is 3.04. The molecule has 0 fully saturated rings. The van der Waals surface area contributed by atoms with Crippen molar-refractivity contribution in [2.75, 3.05) is 6.61 Å². The van der Waals surface area contributed by atoms with Crippen LogP contribution in [0, 0.1) is 5.92 Å². The third-order valence-corrected chi connectivity index (χ3v) is 4.05. The smallest absolute Gasteiger partial charge is 0.272 e. The number of fused-ring (bicyclic) bond motifs is 1. The standard InChI is InChI=1S/C18H18F2N4O2/c1-3-11(2)18(25)16-17(24-14(23-16)5-4-7-22-24)12-6-8-21-15(9-12)26-10-13(19)20/h4-9,11,13H,3,10H2,1-2H3/t11-/m1/s1. The van der Waals surface area contributed by atoms with E-state index in [1.165, 1.54) is 12.3 Å². The first-order chi connectivity index (χ1) is 12.5. The summed E-state index contributed by atoms with van der Waals surface area (Å²) in [7, 11) is 0. The van der Waals surface area contributed by atoms with Crippen LogP contribution in [0.1, 0.15) is 30.8 Å². The fourth-order valence-corrected chi connectivity index (χ4v) is 2.52. The minimum absolute atomic E-state index is 0.0515. The van der Waals surface area contributed by atoms with Crippen LogP contribution in [0.15, 0.2) is 36.7 Å². The Morgan fingerprint density at radius 3 is 2.85 bits per heavy atom. The Morgan fingerprint density at radius 1 is 1.31 bits per heavy atom. The topological polar surface area (TPSA) is 69.4 Å². The molecule has 0 unspecified atom stereocenters. The van der Waals surface area contributed by atoms with Crippen LogP contribution in [0.4, 0.5) is 8.78 Å². The molecule has 0 saturated heterocycles. The van der Waals surface area contributed by atoms with Crippen molar-refractivity contribution in [2.24, 2.45) is 5.92 Å². The Labute approximate surface area is 148 Å². The first-order valence-corrected chi connectivity index (χ1v) is 8.26. The lowest BCUT2D eigenvalue weighted by Crippen LogP contribution is -2.12. The number of rotatable bonds is 7. The van der Waals surface area contributed by atoms with E-state index >= 15 is 0 Å².